The van der Waals surface area contributed by atoms with Crippen LogP contribution in [-0.4, -0.2) is 19.1 Å². The maximum absolute atomic E-state index is 11.4. The molecule has 0 fully saturated rings. The van der Waals surface area contributed by atoms with E-state index in [-0.39, 0.29) is 5.97 Å². The van der Waals surface area contributed by atoms with E-state index in [2.05, 4.69) is 19.2 Å². The predicted molar refractivity (Wildman–Crippen MR) is 74.8 cm³/mol. The van der Waals surface area contributed by atoms with E-state index in [0.717, 1.165) is 12.1 Å². The molecular formula is C14H22N2O2. The summed E-state index contributed by atoms with van der Waals surface area (Å²) in [5.74, 6) is -0.348. The van der Waals surface area contributed by atoms with Crippen LogP contribution in [0, 0.1) is 0 Å². The number of nitrogens with two attached hydrogens (primary N) is 1. The van der Waals surface area contributed by atoms with Gasteiger partial charge in [0.2, 0.25) is 0 Å². The summed E-state index contributed by atoms with van der Waals surface area (Å²) < 4.78 is 4.69. The molecule has 0 bridgehead atoms. The second-order valence-corrected chi connectivity index (χ2v) is 4.48. The largest absolute Gasteiger partial charge is 0.465 e. The third-order valence-corrected chi connectivity index (χ3v) is 2.87. The summed E-state index contributed by atoms with van der Waals surface area (Å²) in [7, 11) is 1.37. The summed E-state index contributed by atoms with van der Waals surface area (Å²) in [6.45, 7) is 4.28. The number of ether oxygens (including phenoxy) is 1. The number of methoxy groups -OCH3 is 1. The van der Waals surface area contributed by atoms with E-state index in [4.69, 9.17) is 10.5 Å². The molecule has 0 aliphatic heterocycles. The number of carbonyl (C=O) groups excluding carboxylic acids is 1. The van der Waals surface area contributed by atoms with Crippen molar-refractivity contribution in [2.45, 2.75) is 39.2 Å². The normalized spacial score (nSPS) is 11.9. The molecular weight excluding hydrogens is 228 g/mol. The van der Waals surface area contributed by atoms with E-state index in [1.165, 1.54) is 20.0 Å². The Morgan fingerprint density at radius 3 is 2.83 bits per heavy atom. The van der Waals surface area contributed by atoms with Gasteiger partial charge in [-0.2, -0.15) is 0 Å². The fourth-order valence-electron chi connectivity index (χ4n) is 1.77. The molecule has 0 aliphatic carbocycles. The molecule has 4 heteroatoms. The quantitative estimate of drug-likeness (QED) is 0.601. The molecule has 100 valence electrons. The number of hydrogen-bond donors (Lipinski definition) is 2. The van der Waals surface area contributed by atoms with Gasteiger partial charge >= 0.3 is 5.97 Å². The monoisotopic (exact) mass is 250 g/mol. The molecule has 1 atom stereocenters. The minimum Gasteiger partial charge on any atom is -0.465 e. The molecule has 0 aliphatic rings. The Bertz CT molecular complexity index is 405. The molecule has 0 radical (unpaired) electrons. The first-order valence-electron chi connectivity index (χ1n) is 6.32. The maximum atomic E-state index is 11.4. The van der Waals surface area contributed by atoms with Crippen LogP contribution < -0.4 is 11.1 Å². The molecule has 1 aromatic carbocycles. The first-order chi connectivity index (χ1) is 8.58. The number of nitrogens with one attached hydrogen (secondary N) is 1. The average molecular weight is 250 g/mol. The fraction of sp³-hybridized carbons (Fsp3) is 0.500. The van der Waals surface area contributed by atoms with Gasteiger partial charge in [-0.05, 0) is 31.5 Å². The number of hydrogen-bond acceptors (Lipinski definition) is 4. The Kier molecular flexibility index (Phi) is 5.49. The van der Waals surface area contributed by atoms with Gasteiger partial charge in [0.1, 0.15) is 0 Å². The molecule has 0 aromatic heterocycles. The molecule has 0 heterocycles. The van der Waals surface area contributed by atoms with Crippen molar-refractivity contribution in [3.8, 4) is 0 Å². The van der Waals surface area contributed by atoms with Gasteiger partial charge in [-0.3, -0.25) is 0 Å². The van der Waals surface area contributed by atoms with Crippen molar-refractivity contribution in [1.29, 1.82) is 0 Å². The van der Waals surface area contributed by atoms with Crippen molar-refractivity contribution in [3.63, 3.8) is 0 Å². The average Bonchev–Trinajstić information content (AvgIpc) is 2.38. The molecule has 1 aromatic rings. The molecule has 1 rings (SSSR count). The second kappa shape index (κ2) is 6.89. The minimum atomic E-state index is -0.348. The summed E-state index contributed by atoms with van der Waals surface area (Å²) in [4.78, 5) is 11.4. The van der Waals surface area contributed by atoms with Crippen molar-refractivity contribution in [1.82, 2.24) is 0 Å². The summed E-state index contributed by atoms with van der Waals surface area (Å²) >= 11 is 0. The van der Waals surface area contributed by atoms with Gasteiger partial charge in [-0.15, -0.1) is 0 Å². The Morgan fingerprint density at radius 1 is 1.50 bits per heavy atom. The van der Waals surface area contributed by atoms with Crippen LogP contribution in [0.3, 0.4) is 0 Å². The minimum absolute atomic E-state index is 0.333. The number of rotatable bonds is 6. The predicted octanol–water partition coefficient (Wildman–Crippen LogP) is 3.05. The van der Waals surface area contributed by atoms with Crippen molar-refractivity contribution < 1.29 is 9.53 Å². The highest BCUT2D eigenvalue weighted by atomic mass is 16.5. The maximum Gasteiger partial charge on any atom is 0.337 e. The number of anilines is 2. The highest BCUT2D eigenvalue weighted by Crippen LogP contribution is 2.22. The van der Waals surface area contributed by atoms with Gasteiger partial charge in [-0.25, -0.2) is 4.79 Å². The zero-order chi connectivity index (χ0) is 13.5. The van der Waals surface area contributed by atoms with Gasteiger partial charge in [0.05, 0.1) is 24.0 Å². The lowest BCUT2D eigenvalue weighted by Crippen LogP contribution is -2.16. The lowest BCUT2D eigenvalue weighted by Gasteiger charge is -2.17. The van der Waals surface area contributed by atoms with Crippen LogP contribution in [0.5, 0.6) is 0 Å². The van der Waals surface area contributed by atoms with Crippen LogP contribution in [0.15, 0.2) is 18.2 Å². The first-order valence-corrected chi connectivity index (χ1v) is 6.32. The van der Waals surface area contributed by atoms with E-state index in [0.29, 0.717) is 17.3 Å². The van der Waals surface area contributed by atoms with Gasteiger partial charge in [0, 0.05) is 6.04 Å². The smallest absolute Gasteiger partial charge is 0.337 e. The SMILES string of the molecule is CCCCC(C)Nc1cc(C(=O)OC)ccc1N. The number of nitrogen functional groups attached to an aromatic ring is 1. The molecule has 4 nitrogen and oxygen atoms in total. The molecule has 0 saturated heterocycles. The van der Waals surface area contributed by atoms with Crippen LogP contribution in [-0.2, 0) is 4.74 Å². The van der Waals surface area contributed by atoms with E-state index < -0.39 is 0 Å². The summed E-state index contributed by atoms with van der Waals surface area (Å²) in [6, 6.07) is 5.47. The third-order valence-electron chi connectivity index (χ3n) is 2.87. The Morgan fingerprint density at radius 2 is 2.22 bits per heavy atom. The lowest BCUT2D eigenvalue weighted by atomic mass is 10.1. The van der Waals surface area contributed by atoms with Gasteiger partial charge < -0.3 is 15.8 Å². The zero-order valence-electron chi connectivity index (χ0n) is 11.3. The van der Waals surface area contributed by atoms with Crippen molar-refractivity contribution >= 4 is 17.3 Å². The van der Waals surface area contributed by atoms with Crippen molar-refractivity contribution in [2.24, 2.45) is 0 Å². The Balaban J connectivity index is 2.77. The van der Waals surface area contributed by atoms with Gasteiger partial charge in [0.15, 0.2) is 0 Å². The van der Waals surface area contributed by atoms with Crippen LogP contribution >= 0.6 is 0 Å². The molecule has 1 unspecified atom stereocenters. The fourth-order valence-corrected chi connectivity index (χ4v) is 1.77. The zero-order valence-corrected chi connectivity index (χ0v) is 11.3. The van der Waals surface area contributed by atoms with E-state index in [1.807, 2.05) is 0 Å². The Hall–Kier alpha value is -1.71. The number of esters is 1. The van der Waals surface area contributed by atoms with Gasteiger partial charge in [0.25, 0.3) is 0 Å². The van der Waals surface area contributed by atoms with Gasteiger partial charge in [-0.1, -0.05) is 19.8 Å². The van der Waals surface area contributed by atoms with Crippen molar-refractivity contribution in [2.75, 3.05) is 18.2 Å². The van der Waals surface area contributed by atoms with Crippen LogP contribution in [0.1, 0.15) is 43.5 Å². The summed E-state index contributed by atoms with van der Waals surface area (Å²) in [5.41, 5.74) is 7.84. The van der Waals surface area contributed by atoms with Crippen LogP contribution in [0.25, 0.3) is 0 Å². The Labute approximate surface area is 109 Å². The summed E-state index contributed by atoms with van der Waals surface area (Å²) in [5, 5.41) is 3.33. The second-order valence-electron chi connectivity index (χ2n) is 4.48. The number of benzene rings is 1. The lowest BCUT2D eigenvalue weighted by molar-refractivity contribution is 0.0601. The van der Waals surface area contributed by atoms with Crippen LogP contribution in [0.4, 0.5) is 11.4 Å². The van der Waals surface area contributed by atoms with E-state index >= 15 is 0 Å². The highest BCUT2D eigenvalue weighted by Gasteiger charge is 2.10. The van der Waals surface area contributed by atoms with E-state index in [1.54, 1.807) is 18.2 Å². The van der Waals surface area contributed by atoms with E-state index in [9.17, 15) is 4.79 Å². The molecule has 3 N–H and O–H groups in total. The molecule has 0 saturated carbocycles. The standard InChI is InChI=1S/C14H22N2O2/c1-4-5-6-10(2)16-13-9-11(14(17)18-3)7-8-12(13)15/h7-10,16H,4-6,15H2,1-3H3. The van der Waals surface area contributed by atoms with Crippen LogP contribution in [0.2, 0.25) is 0 Å². The highest BCUT2D eigenvalue weighted by molar-refractivity contribution is 5.91. The topological polar surface area (TPSA) is 64.3 Å². The number of unbranched alkanes of at least 4 members (excludes halogenated alkanes) is 1. The number of carbonyl (C=O) groups is 1. The summed E-state index contributed by atoms with van der Waals surface area (Å²) in [6.07, 6.45) is 3.42. The third kappa shape index (κ3) is 3.95. The first kappa shape index (κ1) is 14.4. The molecule has 0 amide bonds. The molecule has 0 spiro atoms. The molecule has 18 heavy (non-hydrogen) atoms. The van der Waals surface area contributed by atoms with Crippen molar-refractivity contribution in [3.05, 3.63) is 23.8 Å².